The van der Waals surface area contributed by atoms with E-state index in [1.165, 1.54) is 39.0 Å². The van der Waals surface area contributed by atoms with E-state index in [-0.39, 0.29) is 0 Å². The molecule has 0 unspecified atom stereocenters. The topological polar surface area (TPSA) is 0 Å². The second-order valence-electron chi connectivity index (χ2n) is 6.46. The third-order valence-electron chi connectivity index (χ3n) is 4.75. The zero-order valence-electron chi connectivity index (χ0n) is 15.3. The maximum absolute atomic E-state index is 4.15. The number of halogens is 1. The molecule has 26 heavy (non-hydrogen) atoms. The van der Waals surface area contributed by atoms with Crippen molar-refractivity contribution in [2.45, 2.75) is 20.3 Å². The lowest BCUT2D eigenvalue weighted by Gasteiger charge is -2.21. The molecule has 1 aliphatic carbocycles. The molecule has 0 aliphatic heterocycles. The monoisotopic (exact) mass is 402 g/mol. The summed E-state index contributed by atoms with van der Waals surface area (Å²) in [6.07, 6.45) is 3.09. The molecule has 0 amide bonds. The summed E-state index contributed by atoms with van der Waals surface area (Å²) in [4.78, 5) is 0. The molecule has 0 saturated carbocycles. The molecule has 0 spiro atoms. The van der Waals surface area contributed by atoms with Gasteiger partial charge in [0.25, 0.3) is 0 Å². The molecular formula is C25H23Br. The van der Waals surface area contributed by atoms with E-state index in [1.807, 2.05) is 0 Å². The van der Waals surface area contributed by atoms with Gasteiger partial charge in [-0.05, 0) is 71.4 Å². The molecule has 1 aliphatic rings. The number of hydrogen-bond donors (Lipinski definition) is 0. The number of hydrogen-bond acceptors (Lipinski definition) is 0. The van der Waals surface area contributed by atoms with Crippen LogP contribution in [0.15, 0.2) is 89.9 Å². The van der Waals surface area contributed by atoms with Crippen LogP contribution in [0.1, 0.15) is 30.5 Å². The lowest BCUT2D eigenvalue weighted by molar-refractivity contribution is 1.25. The lowest BCUT2D eigenvalue weighted by atomic mass is 9.83. The highest BCUT2D eigenvalue weighted by atomic mass is 79.9. The van der Waals surface area contributed by atoms with Gasteiger partial charge in [-0.15, -0.1) is 0 Å². The van der Waals surface area contributed by atoms with Crippen molar-refractivity contribution >= 4 is 27.1 Å². The summed E-state index contributed by atoms with van der Waals surface area (Å²) in [5, 5.41) is 0. The summed E-state index contributed by atoms with van der Waals surface area (Å²) in [6, 6.07) is 25.4. The molecule has 0 N–H and O–H groups in total. The van der Waals surface area contributed by atoms with Crippen molar-refractivity contribution in [3.8, 4) is 11.1 Å². The summed E-state index contributed by atoms with van der Waals surface area (Å²) < 4.78 is 1.13. The second kappa shape index (κ2) is 8.33. The molecule has 0 saturated heterocycles. The second-order valence-corrected chi connectivity index (χ2v) is 7.38. The predicted octanol–water partition coefficient (Wildman–Crippen LogP) is 7.80. The van der Waals surface area contributed by atoms with Crippen molar-refractivity contribution in [2.24, 2.45) is 0 Å². The van der Waals surface area contributed by atoms with Crippen LogP contribution in [-0.2, 0) is 6.42 Å². The van der Waals surface area contributed by atoms with E-state index in [1.54, 1.807) is 0 Å². The van der Waals surface area contributed by atoms with Crippen LogP contribution in [0.3, 0.4) is 0 Å². The molecule has 0 atom stereocenters. The van der Waals surface area contributed by atoms with Gasteiger partial charge in [0.2, 0.25) is 0 Å². The van der Waals surface area contributed by atoms with Gasteiger partial charge >= 0.3 is 0 Å². The van der Waals surface area contributed by atoms with Gasteiger partial charge in [-0.1, -0.05) is 89.2 Å². The molecule has 130 valence electrons. The van der Waals surface area contributed by atoms with Crippen LogP contribution in [0.4, 0.5) is 0 Å². The van der Waals surface area contributed by atoms with E-state index in [2.05, 4.69) is 115 Å². The maximum Gasteiger partial charge on any atom is 0.0175 e. The van der Waals surface area contributed by atoms with Gasteiger partial charge in [0.15, 0.2) is 0 Å². The Morgan fingerprint density at radius 2 is 1.42 bits per heavy atom. The first kappa shape index (κ1) is 18.4. The number of rotatable bonds is 1. The molecule has 3 aromatic rings. The molecule has 0 aromatic heterocycles. The Morgan fingerprint density at radius 1 is 0.846 bits per heavy atom. The van der Waals surface area contributed by atoms with E-state index < -0.39 is 0 Å². The summed E-state index contributed by atoms with van der Waals surface area (Å²) in [5.41, 5.74) is 9.21. The highest BCUT2D eigenvalue weighted by molar-refractivity contribution is 9.10. The van der Waals surface area contributed by atoms with Gasteiger partial charge in [-0.3, -0.25) is 0 Å². The van der Waals surface area contributed by atoms with Gasteiger partial charge in [-0.25, -0.2) is 0 Å². The Morgan fingerprint density at radius 3 is 2.08 bits per heavy atom. The van der Waals surface area contributed by atoms with Crippen LogP contribution >= 0.6 is 15.9 Å². The Kier molecular flexibility index (Phi) is 5.90. The summed E-state index contributed by atoms with van der Waals surface area (Å²) in [7, 11) is 0. The van der Waals surface area contributed by atoms with Crippen LogP contribution in [0.2, 0.25) is 0 Å². The zero-order valence-corrected chi connectivity index (χ0v) is 16.9. The summed E-state index contributed by atoms with van der Waals surface area (Å²) >= 11 is 3.40. The van der Waals surface area contributed by atoms with E-state index in [0.29, 0.717) is 0 Å². The largest absolute Gasteiger partial charge is 0.0949 e. The van der Waals surface area contributed by atoms with Crippen molar-refractivity contribution in [1.82, 2.24) is 0 Å². The van der Waals surface area contributed by atoms with Crippen molar-refractivity contribution < 1.29 is 0 Å². The average Bonchev–Trinajstić information content (AvgIpc) is 2.69. The van der Waals surface area contributed by atoms with Gasteiger partial charge in [0.05, 0.1) is 0 Å². The van der Waals surface area contributed by atoms with E-state index in [4.69, 9.17) is 0 Å². The zero-order chi connectivity index (χ0) is 18.5. The Labute approximate surface area is 165 Å². The quantitative estimate of drug-likeness (QED) is 0.389. The smallest absolute Gasteiger partial charge is 0.0175 e. The Bertz CT molecular complexity index is 946. The fourth-order valence-electron chi connectivity index (χ4n) is 3.17. The lowest BCUT2D eigenvalue weighted by Crippen LogP contribution is -2.01. The average molecular weight is 403 g/mol. The van der Waals surface area contributed by atoms with Gasteiger partial charge in [0.1, 0.15) is 0 Å². The number of fused-ring (bicyclic) bond motifs is 3. The van der Waals surface area contributed by atoms with Crippen molar-refractivity contribution in [3.05, 3.63) is 107 Å². The standard InChI is InChI=1S/C15H12.C10H11Br/c1-11-10-12-6-2-3-8-14(12)15-9-5-4-7-13(11)15;1-3-8(2)9-4-6-10(11)7-5-9/h2-9H,1,10H2;3-7H,1-2H3/b;8-3+. The first-order valence-corrected chi connectivity index (χ1v) is 9.63. The minimum atomic E-state index is 0.979. The molecule has 0 heterocycles. The number of allylic oxidation sites excluding steroid dienone is 3. The molecule has 0 nitrogen and oxygen atoms in total. The highest BCUT2D eigenvalue weighted by Gasteiger charge is 2.16. The van der Waals surface area contributed by atoms with Crippen LogP contribution in [0.5, 0.6) is 0 Å². The first-order valence-electron chi connectivity index (χ1n) is 8.84. The third-order valence-corrected chi connectivity index (χ3v) is 5.28. The maximum atomic E-state index is 4.15. The molecule has 4 rings (SSSR count). The fourth-order valence-corrected chi connectivity index (χ4v) is 3.43. The van der Waals surface area contributed by atoms with Crippen molar-refractivity contribution in [1.29, 1.82) is 0 Å². The van der Waals surface area contributed by atoms with Crippen LogP contribution in [0, 0.1) is 0 Å². The predicted molar refractivity (Wildman–Crippen MR) is 118 cm³/mol. The molecule has 0 bridgehead atoms. The molecule has 3 aromatic carbocycles. The van der Waals surface area contributed by atoms with Gasteiger partial charge in [-0.2, -0.15) is 0 Å². The van der Waals surface area contributed by atoms with Gasteiger partial charge in [0, 0.05) is 4.47 Å². The molecular weight excluding hydrogens is 380 g/mol. The van der Waals surface area contributed by atoms with Gasteiger partial charge < -0.3 is 0 Å². The highest BCUT2D eigenvalue weighted by Crippen LogP contribution is 2.37. The van der Waals surface area contributed by atoms with Crippen molar-refractivity contribution in [2.75, 3.05) is 0 Å². The minimum absolute atomic E-state index is 0.979. The molecule has 0 radical (unpaired) electrons. The summed E-state index contributed by atoms with van der Waals surface area (Å²) in [6.45, 7) is 8.32. The fraction of sp³-hybridized carbons (Fsp3) is 0.120. The first-order chi connectivity index (χ1) is 12.6. The molecule has 1 heteroatoms. The number of benzene rings is 3. The Hall–Kier alpha value is -2.38. The molecule has 0 fully saturated rings. The summed E-state index contributed by atoms with van der Waals surface area (Å²) in [5.74, 6) is 0. The van der Waals surface area contributed by atoms with Crippen LogP contribution in [-0.4, -0.2) is 0 Å². The SMILES string of the molecule is C/C=C(\C)c1ccc(Br)cc1.C=C1Cc2ccccc2-c2ccccc21. The minimum Gasteiger partial charge on any atom is -0.0949 e. The van der Waals surface area contributed by atoms with Crippen LogP contribution < -0.4 is 0 Å². The van der Waals surface area contributed by atoms with Crippen molar-refractivity contribution in [3.63, 3.8) is 0 Å². The van der Waals surface area contributed by atoms with E-state index in [0.717, 1.165) is 10.9 Å². The third kappa shape index (κ3) is 4.05. The van der Waals surface area contributed by atoms with E-state index >= 15 is 0 Å². The normalized spacial score (nSPS) is 12.6. The Balaban J connectivity index is 0.000000160. The van der Waals surface area contributed by atoms with E-state index in [9.17, 15) is 0 Å². The van der Waals surface area contributed by atoms with Crippen LogP contribution in [0.25, 0.3) is 22.3 Å².